The molecule has 3 aromatic rings. The van der Waals surface area contributed by atoms with Crippen molar-refractivity contribution in [3.05, 3.63) is 75.5 Å². The molecular formula is C20H19FN2O3S. The van der Waals surface area contributed by atoms with Gasteiger partial charge in [0, 0.05) is 17.5 Å². The van der Waals surface area contributed by atoms with Crippen LogP contribution in [0, 0.1) is 12.7 Å². The number of anilines is 1. The van der Waals surface area contributed by atoms with Gasteiger partial charge in [-0.05, 0) is 42.3 Å². The number of thiazole rings is 1. The largest absolute Gasteiger partial charge is 0.491 e. The van der Waals surface area contributed by atoms with E-state index in [9.17, 15) is 9.18 Å². The van der Waals surface area contributed by atoms with Crippen LogP contribution in [0.2, 0.25) is 0 Å². The minimum Gasteiger partial charge on any atom is -0.491 e. The second kappa shape index (κ2) is 8.75. The molecule has 1 aromatic heterocycles. The lowest BCUT2D eigenvalue weighted by Gasteiger charge is -2.10. The molecule has 0 saturated carbocycles. The van der Waals surface area contributed by atoms with Crippen LogP contribution in [0.4, 0.5) is 10.1 Å². The first-order valence-electron chi connectivity index (χ1n) is 8.40. The lowest BCUT2D eigenvalue weighted by molar-refractivity contribution is 0.102. The highest BCUT2D eigenvalue weighted by Gasteiger charge is 2.13. The second-order valence-corrected chi connectivity index (χ2v) is 6.84. The summed E-state index contributed by atoms with van der Waals surface area (Å²) in [4.78, 5) is 16.7. The average molecular weight is 386 g/mol. The zero-order valence-electron chi connectivity index (χ0n) is 14.7. The summed E-state index contributed by atoms with van der Waals surface area (Å²) in [5.74, 6) is 0.0509. The Morgan fingerprint density at radius 3 is 2.85 bits per heavy atom. The molecule has 1 heterocycles. The molecule has 2 aromatic carbocycles. The molecule has 0 radical (unpaired) electrons. The Bertz CT molecular complexity index is 942. The van der Waals surface area contributed by atoms with E-state index in [1.54, 1.807) is 41.8 Å². The number of aromatic nitrogens is 1. The third-order valence-electron chi connectivity index (χ3n) is 3.87. The Kier molecular flexibility index (Phi) is 6.16. The van der Waals surface area contributed by atoms with Crippen LogP contribution in [0.3, 0.4) is 0 Å². The fourth-order valence-electron chi connectivity index (χ4n) is 2.54. The number of carbonyl (C=O) groups excluding carboxylic acids is 1. The fourth-order valence-corrected chi connectivity index (χ4v) is 3.34. The van der Waals surface area contributed by atoms with Crippen molar-refractivity contribution in [2.24, 2.45) is 0 Å². The van der Waals surface area contributed by atoms with E-state index < -0.39 is 0 Å². The van der Waals surface area contributed by atoms with Crippen LogP contribution in [-0.2, 0) is 6.42 Å². The van der Waals surface area contributed by atoms with Crippen molar-refractivity contribution >= 4 is 22.9 Å². The summed E-state index contributed by atoms with van der Waals surface area (Å²) in [6.07, 6.45) is 0.348. The van der Waals surface area contributed by atoms with Crippen LogP contribution in [-0.4, -0.2) is 29.2 Å². The molecule has 0 unspecified atom stereocenters. The molecule has 27 heavy (non-hydrogen) atoms. The molecule has 0 aliphatic carbocycles. The molecule has 0 bridgehead atoms. The van der Waals surface area contributed by atoms with Crippen LogP contribution < -0.4 is 10.1 Å². The first-order chi connectivity index (χ1) is 13.1. The zero-order chi connectivity index (χ0) is 19.2. The number of aryl methyl sites for hydroxylation is 1. The van der Waals surface area contributed by atoms with E-state index in [1.807, 2.05) is 6.92 Å². The minimum atomic E-state index is -0.325. The molecule has 2 N–H and O–H groups in total. The monoisotopic (exact) mass is 386 g/mol. The summed E-state index contributed by atoms with van der Waals surface area (Å²) in [5, 5.41) is 14.0. The Morgan fingerprint density at radius 2 is 2.11 bits per heavy atom. The van der Waals surface area contributed by atoms with Crippen LogP contribution in [0.25, 0.3) is 0 Å². The standard InChI is InChI=1S/C20H19FN2O3S/c1-13-10-15(6-7-18(13)26-9-8-24)22-20(25)17-12-27-19(23-17)11-14-4-2-3-5-16(14)21/h2-7,10,12,24H,8-9,11H2,1H3,(H,22,25). The molecular weight excluding hydrogens is 367 g/mol. The number of amides is 1. The molecule has 3 rings (SSSR count). The van der Waals surface area contributed by atoms with Crippen molar-refractivity contribution in [2.75, 3.05) is 18.5 Å². The van der Waals surface area contributed by atoms with Gasteiger partial charge in [-0.1, -0.05) is 18.2 Å². The Hall–Kier alpha value is -2.77. The minimum absolute atomic E-state index is 0.0586. The first kappa shape index (κ1) is 19.0. The van der Waals surface area contributed by atoms with Gasteiger partial charge in [-0.2, -0.15) is 0 Å². The predicted octanol–water partition coefficient (Wildman–Crippen LogP) is 3.80. The van der Waals surface area contributed by atoms with Crippen molar-refractivity contribution in [1.29, 1.82) is 0 Å². The van der Waals surface area contributed by atoms with Gasteiger partial charge in [0.15, 0.2) is 0 Å². The second-order valence-electron chi connectivity index (χ2n) is 5.90. The summed E-state index contributed by atoms with van der Waals surface area (Å²) in [5.41, 5.74) is 2.31. The number of carbonyl (C=O) groups is 1. The van der Waals surface area contributed by atoms with Crippen LogP contribution >= 0.6 is 11.3 Å². The van der Waals surface area contributed by atoms with Gasteiger partial charge in [0.05, 0.1) is 11.6 Å². The Balaban J connectivity index is 1.66. The van der Waals surface area contributed by atoms with Crippen molar-refractivity contribution in [3.63, 3.8) is 0 Å². The summed E-state index contributed by atoms with van der Waals surface area (Å²) in [6.45, 7) is 2.02. The van der Waals surface area contributed by atoms with Crippen LogP contribution in [0.5, 0.6) is 5.75 Å². The lowest BCUT2D eigenvalue weighted by atomic mass is 10.1. The van der Waals surface area contributed by atoms with Gasteiger partial charge in [-0.25, -0.2) is 9.37 Å². The first-order valence-corrected chi connectivity index (χ1v) is 9.28. The van der Waals surface area contributed by atoms with Crippen molar-refractivity contribution in [2.45, 2.75) is 13.3 Å². The number of hydrogen-bond donors (Lipinski definition) is 2. The summed E-state index contributed by atoms with van der Waals surface area (Å²) >= 11 is 1.32. The van der Waals surface area contributed by atoms with Gasteiger partial charge >= 0.3 is 0 Å². The Morgan fingerprint density at radius 1 is 1.30 bits per heavy atom. The normalized spacial score (nSPS) is 10.6. The molecule has 7 heteroatoms. The van der Waals surface area contributed by atoms with Crippen LogP contribution in [0.1, 0.15) is 26.6 Å². The van der Waals surface area contributed by atoms with Gasteiger partial charge in [-0.3, -0.25) is 4.79 Å². The van der Waals surface area contributed by atoms with Crippen molar-refractivity contribution in [1.82, 2.24) is 4.98 Å². The number of aliphatic hydroxyl groups excluding tert-OH is 1. The highest BCUT2D eigenvalue weighted by molar-refractivity contribution is 7.09. The van der Waals surface area contributed by atoms with Crippen molar-refractivity contribution in [3.8, 4) is 5.75 Å². The van der Waals surface area contributed by atoms with Gasteiger partial charge in [-0.15, -0.1) is 11.3 Å². The summed E-state index contributed by atoms with van der Waals surface area (Å²) < 4.78 is 19.1. The molecule has 0 fully saturated rings. The number of hydrogen-bond acceptors (Lipinski definition) is 5. The topological polar surface area (TPSA) is 71.5 Å². The molecule has 1 amide bonds. The average Bonchev–Trinajstić information content (AvgIpc) is 3.12. The third-order valence-corrected chi connectivity index (χ3v) is 4.71. The third kappa shape index (κ3) is 4.90. The van der Waals surface area contributed by atoms with Gasteiger partial charge in [0.2, 0.25) is 0 Å². The molecule has 140 valence electrons. The van der Waals surface area contributed by atoms with E-state index in [1.165, 1.54) is 17.4 Å². The van der Waals surface area contributed by atoms with E-state index in [-0.39, 0.29) is 24.9 Å². The van der Waals surface area contributed by atoms with E-state index in [2.05, 4.69) is 10.3 Å². The maximum atomic E-state index is 13.7. The maximum absolute atomic E-state index is 13.7. The fraction of sp³-hybridized carbons (Fsp3) is 0.200. The quantitative estimate of drug-likeness (QED) is 0.648. The highest BCUT2D eigenvalue weighted by atomic mass is 32.1. The molecule has 0 atom stereocenters. The van der Waals surface area contributed by atoms with E-state index in [0.717, 1.165) is 5.56 Å². The summed E-state index contributed by atoms with van der Waals surface area (Å²) in [6, 6.07) is 11.8. The van der Waals surface area contributed by atoms with E-state index >= 15 is 0 Å². The number of nitrogens with zero attached hydrogens (tertiary/aromatic N) is 1. The predicted molar refractivity (Wildman–Crippen MR) is 103 cm³/mol. The van der Waals surface area contributed by atoms with Gasteiger partial charge in [0.1, 0.15) is 23.9 Å². The number of ether oxygens (including phenoxy) is 1. The summed E-state index contributed by atoms with van der Waals surface area (Å²) in [7, 11) is 0. The van der Waals surface area contributed by atoms with Gasteiger partial charge < -0.3 is 15.2 Å². The maximum Gasteiger partial charge on any atom is 0.275 e. The smallest absolute Gasteiger partial charge is 0.275 e. The number of benzene rings is 2. The van der Waals surface area contributed by atoms with Crippen molar-refractivity contribution < 1.29 is 19.0 Å². The molecule has 0 aliphatic rings. The zero-order valence-corrected chi connectivity index (χ0v) is 15.6. The lowest BCUT2D eigenvalue weighted by Crippen LogP contribution is -2.13. The molecule has 0 saturated heterocycles. The molecule has 5 nitrogen and oxygen atoms in total. The van der Waals surface area contributed by atoms with E-state index in [0.29, 0.717) is 34.1 Å². The SMILES string of the molecule is Cc1cc(NC(=O)c2csc(Cc3ccccc3F)n2)ccc1OCCO. The van der Waals surface area contributed by atoms with Gasteiger partial charge in [0.25, 0.3) is 5.91 Å². The number of nitrogens with one attached hydrogen (secondary N) is 1. The number of halogens is 1. The van der Waals surface area contributed by atoms with Crippen LogP contribution in [0.15, 0.2) is 47.8 Å². The number of aliphatic hydroxyl groups is 1. The number of rotatable bonds is 7. The highest BCUT2D eigenvalue weighted by Crippen LogP contribution is 2.23. The Labute approximate surface area is 160 Å². The van der Waals surface area contributed by atoms with E-state index in [4.69, 9.17) is 9.84 Å². The molecule has 0 spiro atoms. The molecule has 0 aliphatic heterocycles.